The molecule has 1 aromatic heterocycles. The van der Waals surface area contributed by atoms with E-state index in [1.807, 2.05) is 0 Å². The first-order chi connectivity index (χ1) is 7.75. The lowest BCUT2D eigenvalue weighted by molar-refractivity contribution is 0.0558. The Morgan fingerprint density at radius 3 is 2.88 bits per heavy atom. The quantitative estimate of drug-likeness (QED) is 0.842. The van der Waals surface area contributed by atoms with Gasteiger partial charge in [-0.15, -0.1) is 0 Å². The van der Waals surface area contributed by atoms with Crippen LogP contribution in [0.5, 0.6) is 0 Å². The van der Waals surface area contributed by atoms with Crippen LogP contribution < -0.4 is 5.32 Å². The molecule has 90 valence electrons. The number of aryl methyl sites for hydroxylation is 1. The first-order valence-corrected chi connectivity index (χ1v) is 6.17. The van der Waals surface area contributed by atoms with E-state index >= 15 is 0 Å². The first-order valence-electron chi connectivity index (χ1n) is 6.17. The molecular formula is C13H22N2O. The fraction of sp³-hybridized carbons (Fsp3) is 0.692. The first kappa shape index (κ1) is 11.7. The number of ether oxygens (including phenoxy) is 1. The molecule has 2 rings (SSSR count). The van der Waals surface area contributed by atoms with Gasteiger partial charge >= 0.3 is 0 Å². The Hall–Kier alpha value is -0.800. The van der Waals surface area contributed by atoms with Gasteiger partial charge in [0.2, 0.25) is 0 Å². The average molecular weight is 222 g/mol. The molecule has 0 saturated carbocycles. The summed E-state index contributed by atoms with van der Waals surface area (Å²) in [6, 6.07) is 2.76. The summed E-state index contributed by atoms with van der Waals surface area (Å²) in [6.07, 6.45) is 6.66. The molecule has 1 aromatic rings. The summed E-state index contributed by atoms with van der Waals surface area (Å²) in [7, 11) is 2.06. The number of hydrogen-bond acceptors (Lipinski definition) is 2. The Bertz CT molecular complexity index is 315. The van der Waals surface area contributed by atoms with E-state index in [0.29, 0.717) is 6.04 Å². The lowest BCUT2D eigenvalue weighted by Crippen LogP contribution is -2.36. The SMILES string of the molecule is CC(NCc1ccn(C)c1)C1CCOCC1. The molecule has 0 amide bonds. The minimum Gasteiger partial charge on any atom is -0.381 e. The van der Waals surface area contributed by atoms with Crippen LogP contribution in [0, 0.1) is 5.92 Å². The van der Waals surface area contributed by atoms with E-state index in [0.717, 1.165) is 25.7 Å². The highest BCUT2D eigenvalue weighted by Crippen LogP contribution is 2.18. The van der Waals surface area contributed by atoms with Crippen LogP contribution in [0.25, 0.3) is 0 Å². The van der Waals surface area contributed by atoms with Crippen molar-refractivity contribution in [2.24, 2.45) is 13.0 Å². The zero-order valence-electron chi connectivity index (χ0n) is 10.3. The van der Waals surface area contributed by atoms with Crippen molar-refractivity contribution in [3.05, 3.63) is 24.0 Å². The molecule has 2 heterocycles. The molecule has 1 unspecified atom stereocenters. The third-order valence-electron chi connectivity index (χ3n) is 3.49. The molecule has 16 heavy (non-hydrogen) atoms. The number of hydrogen-bond donors (Lipinski definition) is 1. The van der Waals surface area contributed by atoms with Crippen molar-refractivity contribution in [3.63, 3.8) is 0 Å². The molecule has 1 fully saturated rings. The van der Waals surface area contributed by atoms with E-state index in [9.17, 15) is 0 Å². The number of nitrogens with zero attached hydrogens (tertiary/aromatic N) is 1. The van der Waals surface area contributed by atoms with E-state index in [4.69, 9.17) is 4.74 Å². The summed E-state index contributed by atoms with van der Waals surface area (Å²) in [5.74, 6) is 0.775. The van der Waals surface area contributed by atoms with Crippen molar-refractivity contribution in [3.8, 4) is 0 Å². The van der Waals surface area contributed by atoms with Crippen molar-refractivity contribution in [1.82, 2.24) is 9.88 Å². The van der Waals surface area contributed by atoms with Crippen molar-refractivity contribution in [1.29, 1.82) is 0 Å². The molecule has 3 nitrogen and oxygen atoms in total. The highest BCUT2D eigenvalue weighted by atomic mass is 16.5. The summed E-state index contributed by atoms with van der Waals surface area (Å²) in [5.41, 5.74) is 1.36. The topological polar surface area (TPSA) is 26.2 Å². The lowest BCUT2D eigenvalue weighted by atomic mass is 9.93. The maximum absolute atomic E-state index is 5.38. The van der Waals surface area contributed by atoms with Gasteiger partial charge < -0.3 is 14.6 Å². The zero-order valence-corrected chi connectivity index (χ0v) is 10.3. The van der Waals surface area contributed by atoms with Gasteiger partial charge in [-0.3, -0.25) is 0 Å². The zero-order chi connectivity index (χ0) is 11.4. The molecule has 1 aliphatic rings. The Kier molecular flexibility index (Phi) is 4.02. The van der Waals surface area contributed by atoms with Gasteiger partial charge in [0.25, 0.3) is 0 Å². The van der Waals surface area contributed by atoms with Gasteiger partial charge in [-0.05, 0) is 37.3 Å². The fourth-order valence-corrected chi connectivity index (χ4v) is 2.33. The second kappa shape index (κ2) is 5.51. The van der Waals surface area contributed by atoms with Gasteiger partial charge in [-0.2, -0.15) is 0 Å². The van der Waals surface area contributed by atoms with Gasteiger partial charge in [0.1, 0.15) is 0 Å². The van der Waals surface area contributed by atoms with Gasteiger partial charge in [-0.1, -0.05) is 0 Å². The van der Waals surface area contributed by atoms with Gasteiger partial charge in [0.15, 0.2) is 0 Å². The Morgan fingerprint density at radius 2 is 2.25 bits per heavy atom. The molecule has 1 atom stereocenters. The average Bonchev–Trinajstić information content (AvgIpc) is 2.73. The molecule has 0 aliphatic carbocycles. The molecule has 3 heteroatoms. The standard InChI is InChI=1S/C13H22N2O/c1-11(13-4-7-16-8-5-13)14-9-12-3-6-15(2)10-12/h3,6,10-11,13-14H,4-5,7-9H2,1-2H3. The summed E-state index contributed by atoms with van der Waals surface area (Å²) >= 11 is 0. The van der Waals surface area contributed by atoms with Crippen LogP contribution in [0.3, 0.4) is 0 Å². The monoisotopic (exact) mass is 222 g/mol. The van der Waals surface area contributed by atoms with Gasteiger partial charge in [-0.25, -0.2) is 0 Å². The van der Waals surface area contributed by atoms with Crippen molar-refractivity contribution < 1.29 is 4.74 Å². The van der Waals surface area contributed by atoms with Crippen LogP contribution in [0.2, 0.25) is 0 Å². The fourth-order valence-electron chi connectivity index (χ4n) is 2.33. The van der Waals surface area contributed by atoms with E-state index < -0.39 is 0 Å². The molecule has 1 N–H and O–H groups in total. The molecule has 0 spiro atoms. The molecule has 0 aromatic carbocycles. The number of aromatic nitrogens is 1. The van der Waals surface area contributed by atoms with E-state index in [2.05, 4.69) is 42.3 Å². The lowest BCUT2D eigenvalue weighted by Gasteiger charge is -2.28. The minimum atomic E-state index is 0.587. The predicted octanol–water partition coefficient (Wildman–Crippen LogP) is 1.93. The molecular weight excluding hydrogens is 200 g/mol. The second-order valence-electron chi connectivity index (χ2n) is 4.80. The highest BCUT2D eigenvalue weighted by molar-refractivity contribution is 5.09. The second-order valence-corrected chi connectivity index (χ2v) is 4.80. The summed E-state index contributed by atoms with van der Waals surface area (Å²) < 4.78 is 7.48. The van der Waals surface area contributed by atoms with E-state index in [-0.39, 0.29) is 0 Å². The van der Waals surface area contributed by atoms with Gasteiger partial charge in [0, 0.05) is 45.2 Å². The van der Waals surface area contributed by atoms with Crippen LogP contribution >= 0.6 is 0 Å². The van der Waals surface area contributed by atoms with Crippen LogP contribution in [0.15, 0.2) is 18.5 Å². The Morgan fingerprint density at radius 1 is 1.50 bits per heavy atom. The number of rotatable bonds is 4. The van der Waals surface area contributed by atoms with Crippen LogP contribution in [0.1, 0.15) is 25.3 Å². The molecule has 1 aliphatic heterocycles. The van der Waals surface area contributed by atoms with Crippen molar-refractivity contribution >= 4 is 0 Å². The predicted molar refractivity (Wildman–Crippen MR) is 65.3 cm³/mol. The summed E-state index contributed by atoms with van der Waals surface area (Å²) in [4.78, 5) is 0. The maximum Gasteiger partial charge on any atom is 0.0469 e. The largest absolute Gasteiger partial charge is 0.381 e. The van der Waals surface area contributed by atoms with Crippen LogP contribution in [-0.4, -0.2) is 23.8 Å². The molecule has 1 saturated heterocycles. The molecule has 0 radical (unpaired) electrons. The third-order valence-corrected chi connectivity index (χ3v) is 3.49. The van der Waals surface area contributed by atoms with Gasteiger partial charge in [0.05, 0.1) is 0 Å². The van der Waals surface area contributed by atoms with Crippen LogP contribution in [0.4, 0.5) is 0 Å². The summed E-state index contributed by atoms with van der Waals surface area (Å²) in [6.45, 7) is 5.13. The van der Waals surface area contributed by atoms with E-state index in [1.54, 1.807) is 0 Å². The highest BCUT2D eigenvalue weighted by Gasteiger charge is 2.19. The Labute approximate surface area is 97.8 Å². The summed E-state index contributed by atoms with van der Waals surface area (Å²) in [5, 5.41) is 3.61. The minimum absolute atomic E-state index is 0.587. The van der Waals surface area contributed by atoms with E-state index in [1.165, 1.54) is 18.4 Å². The number of nitrogens with one attached hydrogen (secondary N) is 1. The van der Waals surface area contributed by atoms with Crippen molar-refractivity contribution in [2.75, 3.05) is 13.2 Å². The molecule has 0 bridgehead atoms. The Balaban J connectivity index is 1.76. The normalized spacial score (nSPS) is 19.9. The maximum atomic E-state index is 5.38. The van der Waals surface area contributed by atoms with Crippen LogP contribution in [-0.2, 0) is 18.3 Å². The smallest absolute Gasteiger partial charge is 0.0469 e. The third kappa shape index (κ3) is 3.09. The van der Waals surface area contributed by atoms with Crippen molar-refractivity contribution in [2.45, 2.75) is 32.4 Å².